The zero-order chi connectivity index (χ0) is 21.7. The third-order valence-corrected chi connectivity index (χ3v) is 4.89. The Morgan fingerprint density at radius 1 is 1.10 bits per heavy atom. The summed E-state index contributed by atoms with van der Waals surface area (Å²) < 4.78 is 24.0. The summed E-state index contributed by atoms with van der Waals surface area (Å²) in [5, 5.41) is 14.7. The van der Waals surface area contributed by atoms with E-state index in [1.165, 1.54) is 17.1 Å². The van der Waals surface area contributed by atoms with Gasteiger partial charge in [0, 0.05) is 30.9 Å². The topological polar surface area (TPSA) is 88.4 Å². The van der Waals surface area contributed by atoms with Gasteiger partial charge in [-0.25, -0.2) is 9.40 Å². The zero-order valence-corrected chi connectivity index (χ0v) is 16.8. The molecule has 0 fully saturated rings. The van der Waals surface area contributed by atoms with Crippen LogP contribution in [-0.2, 0) is 9.59 Å². The van der Waals surface area contributed by atoms with E-state index in [-0.39, 0.29) is 31.0 Å². The molecule has 1 aliphatic heterocycles. The molecule has 1 atom stereocenters. The van der Waals surface area contributed by atoms with Crippen molar-refractivity contribution < 1.29 is 28.6 Å². The fourth-order valence-corrected chi connectivity index (χ4v) is 3.34. The number of carboxylic acids is 1. The first-order valence-corrected chi connectivity index (χ1v) is 9.51. The van der Waals surface area contributed by atoms with E-state index in [1.54, 1.807) is 32.4 Å². The van der Waals surface area contributed by atoms with Gasteiger partial charge < -0.3 is 14.6 Å². The molecular formula is C22H23FN2O5. The number of rotatable bonds is 8. The smallest absolute Gasteiger partial charge is 0.303 e. The highest BCUT2D eigenvalue weighted by atomic mass is 19.1. The maximum Gasteiger partial charge on any atom is 0.303 e. The fourth-order valence-electron chi connectivity index (χ4n) is 3.34. The Morgan fingerprint density at radius 2 is 1.73 bits per heavy atom. The van der Waals surface area contributed by atoms with Gasteiger partial charge in [0.15, 0.2) is 0 Å². The first-order valence-electron chi connectivity index (χ1n) is 9.51. The summed E-state index contributed by atoms with van der Waals surface area (Å²) in [5.41, 5.74) is 2.16. The predicted molar refractivity (Wildman–Crippen MR) is 108 cm³/mol. The number of hydrogen-bond acceptors (Lipinski definition) is 5. The largest absolute Gasteiger partial charge is 0.497 e. The molecule has 8 heteroatoms. The Balaban J connectivity index is 1.92. The van der Waals surface area contributed by atoms with Crippen molar-refractivity contribution in [2.24, 2.45) is 5.10 Å². The van der Waals surface area contributed by atoms with Crippen molar-refractivity contribution >= 4 is 17.6 Å². The van der Waals surface area contributed by atoms with Crippen LogP contribution in [-0.4, -0.2) is 41.9 Å². The molecule has 0 aromatic heterocycles. The molecule has 3 rings (SSSR count). The molecule has 2 aromatic carbocycles. The van der Waals surface area contributed by atoms with E-state index in [4.69, 9.17) is 14.6 Å². The van der Waals surface area contributed by atoms with Gasteiger partial charge in [0.05, 0.1) is 26.0 Å². The third kappa shape index (κ3) is 4.94. The molecular weight excluding hydrogens is 391 g/mol. The summed E-state index contributed by atoms with van der Waals surface area (Å²) in [4.78, 5) is 23.6. The van der Waals surface area contributed by atoms with Gasteiger partial charge in [-0.1, -0.05) is 12.1 Å². The van der Waals surface area contributed by atoms with Crippen LogP contribution in [0.1, 0.15) is 42.9 Å². The van der Waals surface area contributed by atoms with Gasteiger partial charge in [0.25, 0.3) is 0 Å². The SMILES string of the molecule is COc1cc(OC)cc(C2=NN(C(=O)CCCC(=O)O)[C@H](c3ccc(F)cc3)C2)c1. The summed E-state index contributed by atoms with van der Waals surface area (Å²) in [7, 11) is 3.10. The second kappa shape index (κ2) is 9.39. The Labute approximate surface area is 173 Å². The number of nitrogens with zero attached hydrogens (tertiary/aromatic N) is 2. The molecule has 0 aliphatic carbocycles. The standard InChI is InChI=1S/C22H23FN2O5/c1-29-17-10-15(11-18(12-17)30-2)19-13-20(14-6-8-16(23)9-7-14)25(24-19)21(26)4-3-5-22(27)28/h6-12,20H,3-5,13H2,1-2H3,(H,27,28)/t20-/m0/s1. The molecule has 1 aliphatic rings. The number of hydrazone groups is 1. The molecule has 0 bridgehead atoms. The molecule has 158 valence electrons. The van der Waals surface area contributed by atoms with Gasteiger partial charge in [0.2, 0.25) is 5.91 Å². The summed E-state index contributed by atoms with van der Waals surface area (Å²) >= 11 is 0. The monoisotopic (exact) mass is 414 g/mol. The number of ether oxygens (including phenoxy) is 2. The number of carbonyl (C=O) groups excluding carboxylic acids is 1. The van der Waals surface area contributed by atoms with Crippen molar-refractivity contribution in [2.75, 3.05) is 14.2 Å². The average Bonchev–Trinajstić information content (AvgIpc) is 3.19. The van der Waals surface area contributed by atoms with Crippen LogP contribution in [0.4, 0.5) is 4.39 Å². The molecule has 0 unspecified atom stereocenters. The van der Waals surface area contributed by atoms with E-state index in [0.717, 1.165) is 11.1 Å². The van der Waals surface area contributed by atoms with Crippen molar-refractivity contribution in [3.63, 3.8) is 0 Å². The van der Waals surface area contributed by atoms with Gasteiger partial charge in [-0.15, -0.1) is 0 Å². The molecule has 0 saturated carbocycles. The summed E-state index contributed by atoms with van der Waals surface area (Å²) in [5.74, 6) is -0.412. The van der Waals surface area contributed by atoms with Crippen LogP contribution in [0.2, 0.25) is 0 Å². The molecule has 0 spiro atoms. The van der Waals surface area contributed by atoms with E-state index < -0.39 is 12.0 Å². The summed E-state index contributed by atoms with van der Waals surface area (Å²) in [6, 6.07) is 10.9. The number of hydrogen-bond donors (Lipinski definition) is 1. The number of carbonyl (C=O) groups is 2. The molecule has 7 nitrogen and oxygen atoms in total. The molecule has 1 N–H and O–H groups in total. The van der Waals surface area contributed by atoms with Crippen molar-refractivity contribution in [3.8, 4) is 11.5 Å². The Kier molecular flexibility index (Phi) is 6.66. The Hall–Kier alpha value is -3.42. The van der Waals surface area contributed by atoms with Gasteiger partial charge in [-0.2, -0.15) is 5.10 Å². The summed E-state index contributed by atoms with van der Waals surface area (Å²) in [6.07, 6.45) is 0.609. The Morgan fingerprint density at radius 3 is 2.30 bits per heavy atom. The van der Waals surface area contributed by atoms with Gasteiger partial charge >= 0.3 is 5.97 Å². The van der Waals surface area contributed by atoms with Crippen LogP contribution < -0.4 is 9.47 Å². The third-order valence-electron chi connectivity index (χ3n) is 4.89. The number of amides is 1. The maximum atomic E-state index is 13.4. The lowest BCUT2D eigenvalue weighted by Crippen LogP contribution is -2.27. The number of aliphatic carboxylic acids is 1. The zero-order valence-electron chi connectivity index (χ0n) is 16.8. The molecule has 30 heavy (non-hydrogen) atoms. The van der Waals surface area contributed by atoms with Crippen LogP contribution in [0.3, 0.4) is 0 Å². The first kappa shape index (κ1) is 21.3. The van der Waals surface area contributed by atoms with Gasteiger partial charge in [-0.3, -0.25) is 9.59 Å². The van der Waals surface area contributed by atoms with Crippen LogP contribution in [0.5, 0.6) is 11.5 Å². The lowest BCUT2D eigenvalue weighted by Gasteiger charge is -2.22. The average molecular weight is 414 g/mol. The quantitative estimate of drug-likeness (QED) is 0.710. The molecule has 1 heterocycles. The second-order valence-electron chi connectivity index (χ2n) is 6.91. The van der Waals surface area contributed by atoms with E-state index in [2.05, 4.69) is 5.10 Å². The highest BCUT2D eigenvalue weighted by Gasteiger charge is 2.33. The lowest BCUT2D eigenvalue weighted by atomic mass is 9.98. The predicted octanol–water partition coefficient (Wildman–Crippen LogP) is 3.78. The van der Waals surface area contributed by atoms with E-state index in [9.17, 15) is 14.0 Å². The van der Waals surface area contributed by atoms with E-state index in [0.29, 0.717) is 23.6 Å². The van der Waals surface area contributed by atoms with E-state index >= 15 is 0 Å². The highest BCUT2D eigenvalue weighted by molar-refractivity contribution is 6.03. The number of methoxy groups -OCH3 is 2. The number of carboxylic acid groups (broad SMARTS) is 1. The van der Waals surface area contributed by atoms with Crippen molar-refractivity contribution in [1.29, 1.82) is 0 Å². The minimum absolute atomic E-state index is 0.0577. The normalized spacial score (nSPS) is 15.6. The maximum absolute atomic E-state index is 13.4. The number of benzene rings is 2. The second-order valence-corrected chi connectivity index (χ2v) is 6.91. The minimum atomic E-state index is -0.952. The van der Waals surface area contributed by atoms with Crippen LogP contribution in [0.25, 0.3) is 0 Å². The van der Waals surface area contributed by atoms with Crippen molar-refractivity contribution in [3.05, 3.63) is 59.4 Å². The molecule has 0 radical (unpaired) electrons. The molecule has 2 aromatic rings. The highest BCUT2D eigenvalue weighted by Crippen LogP contribution is 2.35. The van der Waals surface area contributed by atoms with Crippen LogP contribution in [0, 0.1) is 5.82 Å². The van der Waals surface area contributed by atoms with Crippen molar-refractivity contribution in [1.82, 2.24) is 5.01 Å². The molecule has 0 saturated heterocycles. The molecule has 1 amide bonds. The lowest BCUT2D eigenvalue weighted by molar-refractivity contribution is -0.137. The Bertz CT molecular complexity index is 936. The minimum Gasteiger partial charge on any atom is -0.497 e. The van der Waals surface area contributed by atoms with Crippen molar-refractivity contribution in [2.45, 2.75) is 31.7 Å². The van der Waals surface area contributed by atoms with Gasteiger partial charge in [0.1, 0.15) is 17.3 Å². The van der Waals surface area contributed by atoms with E-state index in [1.807, 2.05) is 12.1 Å². The number of halogens is 1. The van der Waals surface area contributed by atoms with Crippen LogP contribution >= 0.6 is 0 Å². The summed E-state index contributed by atoms with van der Waals surface area (Å²) in [6.45, 7) is 0. The van der Waals surface area contributed by atoms with Gasteiger partial charge in [-0.05, 0) is 36.2 Å². The fraction of sp³-hybridized carbons (Fsp3) is 0.318. The van der Waals surface area contributed by atoms with Crippen LogP contribution in [0.15, 0.2) is 47.6 Å². The first-order chi connectivity index (χ1) is 14.4.